The lowest BCUT2D eigenvalue weighted by atomic mass is 10.2. The molecule has 1 amide bonds. The fourth-order valence-electron chi connectivity index (χ4n) is 2.70. The Morgan fingerprint density at radius 1 is 1.52 bits per heavy atom. The van der Waals surface area contributed by atoms with Crippen LogP contribution >= 0.6 is 0 Å². The quantitative estimate of drug-likeness (QED) is 0.927. The number of nitrogens with two attached hydrogens (primary N) is 1. The van der Waals surface area contributed by atoms with E-state index in [2.05, 4.69) is 5.10 Å². The van der Waals surface area contributed by atoms with Gasteiger partial charge < -0.3 is 10.5 Å². The van der Waals surface area contributed by atoms with Gasteiger partial charge in [0.15, 0.2) is 0 Å². The van der Waals surface area contributed by atoms with Crippen LogP contribution in [0.15, 0.2) is 6.20 Å². The Labute approximate surface area is 126 Å². The average Bonchev–Trinajstić information content (AvgIpc) is 2.95. The molecule has 6 nitrogen and oxygen atoms in total. The first-order chi connectivity index (χ1) is 9.83. The molecule has 2 N–H and O–H groups in total. The van der Waals surface area contributed by atoms with Crippen LogP contribution in [-0.2, 0) is 11.2 Å². The SMILES string of the molecule is Cc1c(CCN)cnn1C1CCCN1C(=O)OC(C)(C)C. The van der Waals surface area contributed by atoms with Crippen LogP contribution in [0.2, 0.25) is 0 Å². The van der Waals surface area contributed by atoms with Crippen LogP contribution in [0.5, 0.6) is 0 Å². The lowest BCUT2D eigenvalue weighted by molar-refractivity contribution is 0.0147. The Kier molecular flexibility index (Phi) is 4.56. The Morgan fingerprint density at radius 2 is 2.24 bits per heavy atom. The van der Waals surface area contributed by atoms with Gasteiger partial charge in [-0.15, -0.1) is 0 Å². The molecule has 118 valence electrons. The lowest BCUT2D eigenvalue weighted by Gasteiger charge is -2.29. The first-order valence-electron chi connectivity index (χ1n) is 7.56. The molecule has 0 spiro atoms. The number of amides is 1. The van der Waals surface area contributed by atoms with Crippen molar-refractivity contribution in [3.63, 3.8) is 0 Å². The van der Waals surface area contributed by atoms with Crippen molar-refractivity contribution in [3.8, 4) is 0 Å². The van der Waals surface area contributed by atoms with Crippen molar-refractivity contribution >= 4 is 6.09 Å². The van der Waals surface area contributed by atoms with Crippen molar-refractivity contribution in [3.05, 3.63) is 17.5 Å². The van der Waals surface area contributed by atoms with Crippen molar-refractivity contribution in [2.75, 3.05) is 13.1 Å². The minimum absolute atomic E-state index is 0.0497. The summed E-state index contributed by atoms with van der Waals surface area (Å²) in [6, 6.07) is 0. The highest BCUT2D eigenvalue weighted by Crippen LogP contribution is 2.30. The zero-order valence-electron chi connectivity index (χ0n) is 13.4. The highest BCUT2D eigenvalue weighted by atomic mass is 16.6. The minimum atomic E-state index is -0.478. The molecular formula is C15H26N4O2. The Balaban J connectivity index is 2.17. The molecule has 21 heavy (non-hydrogen) atoms. The zero-order chi connectivity index (χ0) is 15.6. The van der Waals surface area contributed by atoms with E-state index in [1.807, 2.05) is 38.6 Å². The van der Waals surface area contributed by atoms with Gasteiger partial charge in [0.2, 0.25) is 0 Å². The maximum Gasteiger partial charge on any atom is 0.411 e. The summed E-state index contributed by atoms with van der Waals surface area (Å²) < 4.78 is 7.43. The van der Waals surface area contributed by atoms with Crippen molar-refractivity contribution in [1.29, 1.82) is 0 Å². The van der Waals surface area contributed by atoms with Gasteiger partial charge >= 0.3 is 6.09 Å². The number of hydrogen-bond acceptors (Lipinski definition) is 4. The number of likely N-dealkylation sites (tertiary alicyclic amines) is 1. The summed E-state index contributed by atoms with van der Waals surface area (Å²) in [4.78, 5) is 14.1. The molecule has 1 saturated heterocycles. The average molecular weight is 294 g/mol. The van der Waals surface area contributed by atoms with Crippen LogP contribution in [0.3, 0.4) is 0 Å². The van der Waals surface area contributed by atoms with E-state index in [1.54, 1.807) is 4.90 Å². The van der Waals surface area contributed by atoms with Gasteiger partial charge in [-0.25, -0.2) is 9.48 Å². The topological polar surface area (TPSA) is 73.4 Å². The van der Waals surface area contributed by atoms with E-state index in [9.17, 15) is 4.79 Å². The molecule has 1 aliphatic rings. The Bertz CT molecular complexity index is 504. The zero-order valence-corrected chi connectivity index (χ0v) is 13.4. The molecular weight excluding hydrogens is 268 g/mol. The predicted molar refractivity (Wildman–Crippen MR) is 80.9 cm³/mol. The number of ether oxygens (including phenoxy) is 1. The molecule has 0 bridgehead atoms. The standard InChI is InChI=1S/C15H26N4O2/c1-11-12(7-8-16)10-17-19(11)13-6-5-9-18(13)14(20)21-15(2,3)4/h10,13H,5-9,16H2,1-4H3. The van der Waals surface area contributed by atoms with Gasteiger partial charge in [0.1, 0.15) is 11.8 Å². The Morgan fingerprint density at radius 3 is 2.86 bits per heavy atom. The molecule has 1 aliphatic heterocycles. The molecule has 0 saturated carbocycles. The van der Waals surface area contributed by atoms with Gasteiger partial charge in [-0.2, -0.15) is 5.10 Å². The maximum atomic E-state index is 12.3. The highest BCUT2D eigenvalue weighted by molar-refractivity contribution is 5.68. The van der Waals surface area contributed by atoms with Crippen LogP contribution in [-0.4, -0.2) is 39.5 Å². The Hall–Kier alpha value is -1.56. The normalized spacial score (nSPS) is 19.1. The third kappa shape index (κ3) is 3.56. The van der Waals surface area contributed by atoms with E-state index >= 15 is 0 Å². The van der Waals surface area contributed by atoms with Gasteiger partial charge in [0.05, 0.1) is 6.20 Å². The molecule has 2 rings (SSSR count). The van der Waals surface area contributed by atoms with E-state index < -0.39 is 5.60 Å². The smallest absolute Gasteiger partial charge is 0.411 e. The fourth-order valence-corrected chi connectivity index (χ4v) is 2.70. The molecule has 2 heterocycles. The van der Waals surface area contributed by atoms with Crippen molar-refractivity contribution < 1.29 is 9.53 Å². The molecule has 1 aromatic heterocycles. The minimum Gasteiger partial charge on any atom is -0.444 e. The fraction of sp³-hybridized carbons (Fsp3) is 0.733. The summed E-state index contributed by atoms with van der Waals surface area (Å²) in [7, 11) is 0. The lowest BCUT2D eigenvalue weighted by Crippen LogP contribution is -2.38. The molecule has 1 fully saturated rings. The number of rotatable bonds is 3. The summed E-state index contributed by atoms with van der Waals surface area (Å²) in [5.74, 6) is 0. The number of carbonyl (C=O) groups is 1. The van der Waals surface area contributed by atoms with Crippen LogP contribution in [0, 0.1) is 6.92 Å². The predicted octanol–water partition coefficient (Wildman–Crippen LogP) is 2.22. The van der Waals surface area contributed by atoms with Crippen molar-refractivity contribution in [2.45, 2.75) is 58.7 Å². The van der Waals surface area contributed by atoms with Gasteiger partial charge in [-0.1, -0.05) is 0 Å². The molecule has 1 unspecified atom stereocenters. The van der Waals surface area contributed by atoms with Gasteiger partial charge in [-0.3, -0.25) is 4.90 Å². The molecule has 0 aromatic carbocycles. The first kappa shape index (κ1) is 15.8. The van der Waals surface area contributed by atoms with Crippen LogP contribution in [0.4, 0.5) is 4.79 Å². The molecule has 0 aliphatic carbocycles. The highest BCUT2D eigenvalue weighted by Gasteiger charge is 2.34. The first-order valence-corrected chi connectivity index (χ1v) is 7.56. The summed E-state index contributed by atoms with van der Waals surface area (Å²) in [6.45, 7) is 9.00. The maximum absolute atomic E-state index is 12.3. The molecule has 1 aromatic rings. The van der Waals surface area contributed by atoms with Crippen molar-refractivity contribution in [2.24, 2.45) is 5.73 Å². The van der Waals surface area contributed by atoms with Gasteiger partial charge in [-0.05, 0) is 59.1 Å². The van der Waals surface area contributed by atoms with Gasteiger partial charge in [0, 0.05) is 12.2 Å². The third-order valence-electron chi connectivity index (χ3n) is 3.69. The summed E-state index contributed by atoms with van der Waals surface area (Å²) in [5.41, 5.74) is 7.37. The van der Waals surface area contributed by atoms with E-state index in [1.165, 1.54) is 0 Å². The second kappa shape index (κ2) is 6.05. The summed E-state index contributed by atoms with van der Waals surface area (Å²) in [6.07, 6.45) is 4.23. The van der Waals surface area contributed by atoms with Crippen LogP contribution < -0.4 is 5.73 Å². The van der Waals surface area contributed by atoms with E-state index in [0.717, 1.165) is 30.5 Å². The van der Waals surface area contributed by atoms with Gasteiger partial charge in [0.25, 0.3) is 0 Å². The number of hydrogen-bond donors (Lipinski definition) is 1. The third-order valence-corrected chi connectivity index (χ3v) is 3.69. The molecule has 6 heteroatoms. The number of aromatic nitrogens is 2. The monoisotopic (exact) mass is 294 g/mol. The number of nitrogens with zero attached hydrogens (tertiary/aromatic N) is 3. The summed E-state index contributed by atoms with van der Waals surface area (Å²) in [5, 5.41) is 4.46. The van der Waals surface area contributed by atoms with Crippen LogP contribution in [0.25, 0.3) is 0 Å². The van der Waals surface area contributed by atoms with E-state index in [0.29, 0.717) is 13.1 Å². The summed E-state index contributed by atoms with van der Waals surface area (Å²) >= 11 is 0. The second-order valence-corrected chi connectivity index (χ2v) is 6.54. The molecule has 0 radical (unpaired) electrons. The van der Waals surface area contributed by atoms with Crippen LogP contribution in [0.1, 0.15) is 51.0 Å². The molecule has 1 atom stereocenters. The second-order valence-electron chi connectivity index (χ2n) is 6.54. The van der Waals surface area contributed by atoms with E-state index in [-0.39, 0.29) is 12.3 Å². The van der Waals surface area contributed by atoms with Crippen molar-refractivity contribution in [1.82, 2.24) is 14.7 Å². The number of carbonyl (C=O) groups excluding carboxylic acids is 1. The largest absolute Gasteiger partial charge is 0.444 e. The van der Waals surface area contributed by atoms with E-state index in [4.69, 9.17) is 10.5 Å².